The van der Waals surface area contributed by atoms with Crippen LogP contribution in [0.25, 0.3) is 49.7 Å². The van der Waals surface area contributed by atoms with Gasteiger partial charge in [-0.05, 0) is 81.9 Å². The molecule has 300 valence electrons. The molecule has 0 radical (unpaired) electrons. The number of nitrogens with zero attached hydrogens (tertiary/aromatic N) is 1. The molecule has 0 aliphatic carbocycles. The van der Waals surface area contributed by atoms with Crippen molar-refractivity contribution in [2.45, 2.75) is 13.2 Å². The molecule has 0 unspecified atom stereocenters. The van der Waals surface area contributed by atoms with Crippen molar-refractivity contribution in [1.82, 2.24) is 4.57 Å². The highest BCUT2D eigenvalue weighted by atomic mass is 16.6. The molecule has 11 nitrogen and oxygen atoms in total. The van der Waals surface area contributed by atoms with Crippen molar-refractivity contribution in [3.05, 3.63) is 126 Å². The summed E-state index contributed by atoms with van der Waals surface area (Å²) >= 11 is 0. The molecule has 1 heterocycles. The largest absolute Gasteiger partial charge is 0.478 e. The third kappa shape index (κ3) is 11.8. The van der Waals surface area contributed by atoms with E-state index < -0.39 is 5.97 Å². The lowest BCUT2D eigenvalue weighted by atomic mass is 9.99. The topological polar surface area (TPSA) is 127 Å². The van der Waals surface area contributed by atoms with Crippen LogP contribution in [0.1, 0.15) is 21.5 Å². The fourth-order valence-corrected chi connectivity index (χ4v) is 6.47. The lowest BCUT2D eigenvalue weighted by Crippen LogP contribution is -2.11. The monoisotopic (exact) mass is 777 g/mol. The Morgan fingerprint density at radius 1 is 0.491 bits per heavy atom. The van der Waals surface area contributed by atoms with Crippen LogP contribution in [0.2, 0.25) is 0 Å². The minimum atomic E-state index is -0.955. The second-order valence-electron chi connectivity index (χ2n) is 13.3. The van der Waals surface area contributed by atoms with Crippen LogP contribution in [0.3, 0.4) is 0 Å². The Kier molecular flexibility index (Phi) is 16.2. The first-order valence-corrected chi connectivity index (χ1v) is 19.2. The van der Waals surface area contributed by atoms with Crippen molar-refractivity contribution in [3.63, 3.8) is 0 Å². The van der Waals surface area contributed by atoms with Crippen molar-refractivity contribution < 1.29 is 48.2 Å². The van der Waals surface area contributed by atoms with E-state index in [0.717, 1.165) is 60.9 Å². The number of aliphatic hydroxyl groups excluding tert-OH is 1. The summed E-state index contributed by atoms with van der Waals surface area (Å²) in [6, 6.07) is 36.8. The molecule has 6 rings (SSSR count). The second kappa shape index (κ2) is 22.1. The maximum Gasteiger partial charge on any atom is 0.335 e. The number of methoxy groups -OCH3 is 1. The zero-order valence-corrected chi connectivity index (χ0v) is 32.4. The molecule has 1 aromatic heterocycles. The SMILES string of the molecule is COCCOCCOCCOCc1ccc(-c2ccc3c(c2)c2cc(-c4ccc(COCCOCCOCCO)cc4)ccc2n3-c2ccc(C(=O)O)cc2)cc1. The van der Waals surface area contributed by atoms with Gasteiger partial charge in [0.05, 0.1) is 109 Å². The fraction of sp³-hybridized carbons (Fsp3) is 0.326. The Bertz CT molecular complexity index is 2130. The molecule has 5 aromatic carbocycles. The summed E-state index contributed by atoms with van der Waals surface area (Å²) in [4.78, 5) is 11.6. The molecule has 11 heteroatoms. The lowest BCUT2D eigenvalue weighted by molar-refractivity contribution is 0.000870. The number of benzene rings is 5. The number of aromatic nitrogens is 1. The van der Waals surface area contributed by atoms with Crippen molar-refractivity contribution in [2.75, 3.05) is 86.4 Å². The van der Waals surface area contributed by atoms with Gasteiger partial charge in [-0.15, -0.1) is 0 Å². The zero-order valence-electron chi connectivity index (χ0n) is 32.4. The van der Waals surface area contributed by atoms with Crippen LogP contribution >= 0.6 is 0 Å². The molecule has 0 fully saturated rings. The van der Waals surface area contributed by atoms with Crippen LogP contribution in [-0.4, -0.2) is 107 Å². The standard InChI is InChI=1S/C46H51NO10/c1-51-20-21-53-24-25-55-27-29-57-33-35-4-8-37(9-5-35)40-13-17-45-43(31-40)42-30-39(12-16-44(42)47(45)41-14-10-38(11-15-41)46(49)50)36-6-2-34(3-7-36)32-56-28-26-54-23-22-52-19-18-48/h2-17,30-31,48H,18-29,32-33H2,1H3,(H,49,50). The summed E-state index contributed by atoms with van der Waals surface area (Å²) < 4.78 is 40.5. The first kappa shape index (κ1) is 41.7. The molecule has 0 atom stereocenters. The maximum absolute atomic E-state index is 11.6. The smallest absolute Gasteiger partial charge is 0.335 e. The van der Waals surface area contributed by atoms with Gasteiger partial charge >= 0.3 is 5.97 Å². The third-order valence-corrected chi connectivity index (χ3v) is 9.40. The Morgan fingerprint density at radius 3 is 1.32 bits per heavy atom. The molecule has 6 aromatic rings. The van der Waals surface area contributed by atoms with Gasteiger partial charge in [0.15, 0.2) is 0 Å². The van der Waals surface area contributed by atoms with Crippen LogP contribution in [0.5, 0.6) is 0 Å². The minimum absolute atomic E-state index is 0.00814. The molecule has 0 bridgehead atoms. The van der Waals surface area contributed by atoms with Crippen molar-refractivity contribution in [2.24, 2.45) is 0 Å². The van der Waals surface area contributed by atoms with E-state index in [0.29, 0.717) is 85.9 Å². The van der Waals surface area contributed by atoms with E-state index >= 15 is 0 Å². The molecule has 0 spiro atoms. The van der Waals surface area contributed by atoms with Crippen LogP contribution in [0.15, 0.2) is 109 Å². The number of fused-ring (bicyclic) bond motifs is 3. The summed E-state index contributed by atoms with van der Waals surface area (Å²) in [6.45, 7) is 6.38. The minimum Gasteiger partial charge on any atom is -0.478 e. The van der Waals surface area contributed by atoms with E-state index in [1.807, 2.05) is 12.1 Å². The normalized spacial score (nSPS) is 11.5. The van der Waals surface area contributed by atoms with Crippen molar-refractivity contribution >= 4 is 27.8 Å². The van der Waals surface area contributed by atoms with Gasteiger partial charge in [-0.2, -0.15) is 0 Å². The molecule has 0 amide bonds. The summed E-state index contributed by atoms with van der Waals surface area (Å²) in [7, 11) is 1.65. The van der Waals surface area contributed by atoms with E-state index in [4.69, 9.17) is 38.3 Å². The van der Waals surface area contributed by atoms with Crippen LogP contribution in [0, 0.1) is 0 Å². The predicted molar refractivity (Wildman–Crippen MR) is 220 cm³/mol. The van der Waals surface area contributed by atoms with Crippen molar-refractivity contribution in [3.8, 4) is 27.9 Å². The fourth-order valence-electron chi connectivity index (χ4n) is 6.47. The third-order valence-electron chi connectivity index (χ3n) is 9.40. The number of hydrogen-bond donors (Lipinski definition) is 2. The zero-order chi connectivity index (χ0) is 39.7. The molecular weight excluding hydrogens is 727 g/mol. The number of carbonyl (C=O) groups is 1. The highest BCUT2D eigenvalue weighted by Crippen LogP contribution is 2.37. The molecular formula is C46H51NO10. The second-order valence-corrected chi connectivity index (χ2v) is 13.3. The van der Waals surface area contributed by atoms with E-state index in [2.05, 4.69) is 89.5 Å². The van der Waals surface area contributed by atoms with Crippen LogP contribution in [0.4, 0.5) is 0 Å². The number of rotatable bonds is 25. The highest BCUT2D eigenvalue weighted by Gasteiger charge is 2.16. The first-order valence-electron chi connectivity index (χ1n) is 19.2. The Hall–Kier alpha value is -4.95. The lowest BCUT2D eigenvalue weighted by Gasteiger charge is -2.10. The van der Waals surface area contributed by atoms with Gasteiger partial charge < -0.3 is 47.9 Å². The Balaban J connectivity index is 1.16. The molecule has 0 aliphatic heterocycles. The summed E-state index contributed by atoms with van der Waals surface area (Å²) in [5, 5.41) is 20.5. The number of carboxylic acids is 1. The first-order chi connectivity index (χ1) is 28.1. The number of ether oxygens (including phenoxy) is 7. The Labute approximate surface area is 333 Å². The van der Waals surface area contributed by atoms with Gasteiger partial charge in [-0.3, -0.25) is 0 Å². The average molecular weight is 778 g/mol. The van der Waals surface area contributed by atoms with Crippen molar-refractivity contribution in [1.29, 1.82) is 0 Å². The molecule has 57 heavy (non-hydrogen) atoms. The quantitative estimate of drug-likeness (QED) is 0.0563. The van der Waals surface area contributed by atoms with E-state index in [1.54, 1.807) is 19.2 Å². The number of carboxylic acid groups (broad SMARTS) is 1. The molecule has 0 saturated heterocycles. The molecule has 2 N–H and O–H groups in total. The van der Waals surface area contributed by atoms with Gasteiger partial charge in [0, 0.05) is 23.6 Å². The number of aromatic carboxylic acids is 1. The van der Waals surface area contributed by atoms with E-state index in [9.17, 15) is 9.90 Å². The highest BCUT2D eigenvalue weighted by molar-refractivity contribution is 6.11. The van der Waals surface area contributed by atoms with Gasteiger partial charge in [0.2, 0.25) is 0 Å². The van der Waals surface area contributed by atoms with E-state index in [-0.39, 0.29) is 12.2 Å². The predicted octanol–water partition coefficient (Wildman–Crippen LogP) is 7.55. The van der Waals surface area contributed by atoms with Gasteiger partial charge in [0.1, 0.15) is 0 Å². The number of hydrogen-bond acceptors (Lipinski definition) is 9. The number of aliphatic hydroxyl groups is 1. The Morgan fingerprint density at radius 2 is 0.895 bits per heavy atom. The maximum atomic E-state index is 11.6. The summed E-state index contributed by atoms with van der Waals surface area (Å²) in [6.07, 6.45) is 0. The summed E-state index contributed by atoms with van der Waals surface area (Å²) in [5.41, 5.74) is 9.69. The molecule has 0 aliphatic rings. The van der Waals surface area contributed by atoms with Crippen LogP contribution in [-0.2, 0) is 46.4 Å². The van der Waals surface area contributed by atoms with Gasteiger partial charge in [-0.1, -0.05) is 60.7 Å². The summed E-state index contributed by atoms with van der Waals surface area (Å²) in [5.74, 6) is -0.955. The average Bonchev–Trinajstić information content (AvgIpc) is 3.57. The van der Waals surface area contributed by atoms with Gasteiger partial charge in [0.25, 0.3) is 0 Å². The van der Waals surface area contributed by atoms with E-state index in [1.165, 1.54) is 0 Å². The van der Waals surface area contributed by atoms with Crippen LogP contribution < -0.4 is 0 Å². The van der Waals surface area contributed by atoms with Gasteiger partial charge in [-0.25, -0.2) is 4.79 Å². The molecule has 0 saturated carbocycles.